The molecule has 0 bridgehead atoms. The van der Waals surface area contributed by atoms with Gasteiger partial charge in [0, 0.05) is 19.0 Å². The predicted octanol–water partition coefficient (Wildman–Crippen LogP) is 1.36. The van der Waals surface area contributed by atoms with Crippen LogP contribution in [0, 0.1) is 5.92 Å². The number of morpholine rings is 1. The molecule has 104 valence electrons. The fourth-order valence-corrected chi connectivity index (χ4v) is 3.10. The molecule has 1 unspecified atom stereocenters. The first kappa shape index (κ1) is 13.8. The molecule has 4 heteroatoms. The highest BCUT2D eigenvalue weighted by Gasteiger charge is 2.32. The number of nitrogens with zero attached hydrogens (tertiary/aromatic N) is 2. The Balaban J connectivity index is 1.96. The first-order chi connectivity index (χ1) is 8.68. The number of rotatable bonds is 3. The fraction of sp³-hybridized carbons (Fsp3) is 0.929. The molecule has 0 radical (unpaired) electrons. The van der Waals surface area contributed by atoms with Crippen molar-refractivity contribution in [3.05, 3.63) is 0 Å². The number of carbonyl (C=O) groups excluding carboxylic acids is 1. The van der Waals surface area contributed by atoms with Crippen LogP contribution < -0.4 is 0 Å². The molecule has 1 heterocycles. The van der Waals surface area contributed by atoms with E-state index < -0.39 is 0 Å². The Labute approximate surface area is 110 Å². The van der Waals surface area contributed by atoms with Gasteiger partial charge in [0.25, 0.3) is 0 Å². The van der Waals surface area contributed by atoms with Crippen molar-refractivity contribution in [3.8, 4) is 0 Å². The molecular weight excluding hydrogens is 228 g/mol. The second kappa shape index (κ2) is 6.53. The van der Waals surface area contributed by atoms with Gasteiger partial charge in [0.1, 0.15) is 0 Å². The molecule has 0 spiro atoms. The van der Waals surface area contributed by atoms with Crippen molar-refractivity contribution in [1.29, 1.82) is 0 Å². The van der Waals surface area contributed by atoms with Gasteiger partial charge in [0.2, 0.25) is 5.91 Å². The van der Waals surface area contributed by atoms with Crippen LogP contribution >= 0.6 is 0 Å². The van der Waals surface area contributed by atoms with Gasteiger partial charge in [-0.3, -0.25) is 4.79 Å². The minimum absolute atomic E-state index is 0.239. The molecule has 0 N–H and O–H groups in total. The molecule has 2 rings (SSSR count). The van der Waals surface area contributed by atoms with E-state index in [-0.39, 0.29) is 12.0 Å². The number of likely N-dealkylation sites (N-methyl/N-ethyl adjacent to an activating group) is 1. The van der Waals surface area contributed by atoms with Crippen molar-refractivity contribution in [3.63, 3.8) is 0 Å². The first-order valence-electron chi connectivity index (χ1n) is 7.21. The standard InChI is InChI=1S/C14H26N2O2/c1-15(2)10-13-11-18-9-8-16(13)14(17)12-6-4-3-5-7-12/h12-13H,3-11H2,1-2H3. The normalized spacial score (nSPS) is 26.6. The summed E-state index contributed by atoms with van der Waals surface area (Å²) >= 11 is 0. The van der Waals surface area contributed by atoms with Crippen LogP contribution in [0.1, 0.15) is 32.1 Å². The third-order valence-corrected chi connectivity index (χ3v) is 4.04. The molecule has 1 aliphatic carbocycles. The molecule has 1 amide bonds. The van der Waals surface area contributed by atoms with Crippen LogP contribution in [0.25, 0.3) is 0 Å². The van der Waals surface area contributed by atoms with Gasteiger partial charge in [0.05, 0.1) is 19.3 Å². The Morgan fingerprint density at radius 1 is 1.28 bits per heavy atom. The van der Waals surface area contributed by atoms with Gasteiger partial charge in [-0.25, -0.2) is 0 Å². The third-order valence-electron chi connectivity index (χ3n) is 4.04. The zero-order valence-corrected chi connectivity index (χ0v) is 11.7. The predicted molar refractivity (Wildman–Crippen MR) is 71.4 cm³/mol. The summed E-state index contributed by atoms with van der Waals surface area (Å²) in [6.07, 6.45) is 5.92. The summed E-state index contributed by atoms with van der Waals surface area (Å²) in [5.41, 5.74) is 0. The van der Waals surface area contributed by atoms with Crippen LogP contribution in [0.3, 0.4) is 0 Å². The number of hydrogen-bond acceptors (Lipinski definition) is 3. The molecule has 1 saturated carbocycles. The first-order valence-corrected chi connectivity index (χ1v) is 7.21. The SMILES string of the molecule is CN(C)CC1COCCN1C(=O)C1CCCCC1. The maximum absolute atomic E-state index is 12.6. The molecule has 0 aromatic carbocycles. The van der Waals surface area contributed by atoms with Crippen LogP contribution in [0.2, 0.25) is 0 Å². The highest BCUT2D eigenvalue weighted by Crippen LogP contribution is 2.26. The maximum Gasteiger partial charge on any atom is 0.226 e. The number of carbonyl (C=O) groups is 1. The van der Waals surface area contributed by atoms with Gasteiger partial charge in [-0.2, -0.15) is 0 Å². The van der Waals surface area contributed by atoms with E-state index in [4.69, 9.17) is 4.74 Å². The van der Waals surface area contributed by atoms with Crippen molar-refractivity contribution < 1.29 is 9.53 Å². The summed E-state index contributed by atoms with van der Waals surface area (Å²) in [7, 11) is 4.11. The Morgan fingerprint density at radius 3 is 2.67 bits per heavy atom. The summed E-state index contributed by atoms with van der Waals surface area (Å²) < 4.78 is 5.53. The lowest BCUT2D eigenvalue weighted by Crippen LogP contribution is -2.54. The summed E-state index contributed by atoms with van der Waals surface area (Å²) in [6.45, 7) is 3.06. The van der Waals surface area contributed by atoms with Crippen LogP contribution in [0.15, 0.2) is 0 Å². The van der Waals surface area contributed by atoms with Crippen LogP contribution in [0.4, 0.5) is 0 Å². The largest absolute Gasteiger partial charge is 0.377 e. The molecule has 1 aliphatic heterocycles. The number of hydrogen-bond donors (Lipinski definition) is 0. The van der Waals surface area contributed by atoms with Crippen LogP contribution in [-0.4, -0.2) is 62.1 Å². The second-order valence-electron chi connectivity index (χ2n) is 5.86. The van der Waals surface area contributed by atoms with E-state index >= 15 is 0 Å². The topological polar surface area (TPSA) is 32.8 Å². The fourth-order valence-electron chi connectivity index (χ4n) is 3.10. The molecule has 2 fully saturated rings. The van der Waals surface area contributed by atoms with Gasteiger partial charge >= 0.3 is 0 Å². The molecule has 1 atom stereocenters. The molecular formula is C14H26N2O2. The van der Waals surface area contributed by atoms with E-state index in [2.05, 4.69) is 23.9 Å². The van der Waals surface area contributed by atoms with Gasteiger partial charge in [-0.15, -0.1) is 0 Å². The van der Waals surface area contributed by atoms with E-state index in [0.717, 1.165) is 25.9 Å². The van der Waals surface area contributed by atoms with Gasteiger partial charge in [-0.05, 0) is 26.9 Å². The summed E-state index contributed by atoms with van der Waals surface area (Å²) in [5.74, 6) is 0.659. The summed E-state index contributed by atoms with van der Waals surface area (Å²) in [5, 5.41) is 0. The Morgan fingerprint density at radius 2 is 2.00 bits per heavy atom. The summed E-state index contributed by atoms with van der Waals surface area (Å²) in [6, 6.07) is 0.239. The lowest BCUT2D eigenvalue weighted by molar-refractivity contribution is -0.145. The highest BCUT2D eigenvalue weighted by molar-refractivity contribution is 5.79. The second-order valence-corrected chi connectivity index (χ2v) is 5.86. The van der Waals surface area contributed by atoms with E-state index in [9.17, 15) is 4.79 Å². The minimum atomic E-state index is 0.239. The van der Waals surface area contributed by atoms with Crippen molar-refractivity contribution in [1.82, 2.24) is 9.80 Å². The van der Waals surface area contributed by atoms with Crippen LogP contribution in [0.5, 0.6) is 0 Å². The molecule has 1 saturated heterocycles. The van der Waals surface area contributed by atoms with E-state index in [1.54, 1.807) is 0 Å². The van der Waals surface area contributed by atoms with Crippen molar-refractivity contribution in [2.45, 2.75) is 38.1 Å². The van der Waals surface area contributed by atoms with E-state index in [1.165, 1.54) is 19.3 Å². The number of amides is 1. The molecule has 4 nitrogen and oxygen atoms in total. The number of ether oxygens (including phenoxy) is 1. The average Bonchev–Trinajstić information content (AvgIpc) is 2.39. The van der Waals surface area contributed by atoms with E-state index in [1.807, 2.05) is 0 Å². The smallest absolute Gasteiger partial charge is 0.226 e. The molecule has 0 aromatic heterocycles. The van der Waals surface area contributed by atoms with Crippen molar-refractivity contribution in [2.75, 3.05) is 40.4 Å². The van der Waals surface area contributed by atoms with E-state index in [0.29, 0.717) is 19.1 Å². The Kier molecular flexibility index (Phi) is 5.01. The molecule has 2 aliphatic rings. The zero-order valence-electron chi connectivity index (χ0n) is 11.7. The van der Waals surface area contributed by atoms with Crippen molar-refractivity contribution in [2.24, 2.45) is 5.92 Å². The maximum atomic E-state index is 12.6. The minimum Gasteiger partial charge on any atom is -0.377 e. The lowest BCUT2D eigenvalue weighted by Gasteiger charge is -2.39. The Bertz CT molecular complexity index is 275. The quantitative estimate of drug-likeness (QED) is 0.762. The monoisotopic (exact) mass is 254 g/mol. The highest BCUT2D eigenvalue weighted by atomic mass is 16.5. The zero-order chi connectivity index (χ0) is 13.0. The summed E-state index contributed by atoms with van der Waals surface area (Å²) in [4.78, 5) is 16.8. The van der Waals surface area contributed by atoms with Gasteiger partial charge < -0.3 is 14.5 Å². The molecule has 0 aromatic rings. The third kappa shape index (κ3) is 3.45. The van der Waals surface area contributed by atoms with Crippen molar-refractivity contribution >= 4 is 5.91 Å². The van der Waals surface area contributed by atoms with Crippen LogP contribution in [-0.2, 0) is 9.53 Å². The van der Waals surface area contributed by atoms with Gasteiger partial charge in [-0.1, -0.05) is 19.3 Å². The lowest BCUT2D eigenvalue weighted by atomic mass is 9.88. The van der Waals surface area contributed by atoms with Gasteiger partial charge in [0.15, 0.2) is 0 Å². The Hall–Kier alpha value is -0.610. The molecule has 18 heavy (non-hydrogen) atoms. The average molecular weight is 254 g/mol.